The average molecular weight is 391 g/mol. The largest absolute Gasteiger partial charge is 0.431 e. The van der Waals surface area contributed by atoms with Gasteiger partial charge in [-0.3, -0.25) is 15.1 Å². The van der Waals surface area contributed by atoms with Crippen LogP contribution in [0, 0.1) is 15.9 Å². The second-order valence-corrected chi connectivity index (χ2v) is 6.05. The van der Waals surface area contributed by atoms with Crippen LogP contribution < -0.4 is 10.1 Å². The maximum atomic E-state index is 13.0. The molecule has 144 valence electrons. The van der Waals surface area contributed by atoms with Gasteiger partial charge in [0.2, 0.25) is 5.82 Å². The summed E-state index contributed by atoms with van der Waals surface area (Å²) in [5.41, 5.74) is 0.895. The highest BCUT2D eigenvalue weighted by Gasteiger charge is 2.25. The lowest BCUT2D eigenvalue weighted by molar-refractivity contribution is -0.385. The Morgan fingerprint density at radius 1 is 1.03 bits per heavy atom. The number of para-hydroxylation sites is 1. The zero-order chi connectivity index (χ0) is 20.2. The highest BCUT2D eigenvalue weighted by atomic mass is 19.1. The van der Waals surface area contributed by atoms with E-state index >= 15 is 0 Å². The monoisotopic (exact) mass is 391 g/mol. The highest BCUT2D eigenvalue weighted by Crippen LogP contribution is 2.36. The topological polar surface area (TPSA) is 103 Å². The number of benzene rings is 2. The number of pyridine rings is 1. The van der Waals surface area contributed by atoms with E-state index in [1.54, 1.807) is 36.5 Å². The van der Waals surface area contributed by atoms with Gasteiger partial charge in [0, 0.05) is 18.1 Å². The van der Waals surface area contributed by atoms with Gasteiger partial charge >= 0.3 is 11.6 Å². The Bertz CT molecular complexity index is 1180. The van der Waals surface area contributed by atoms with Crippen molar-refractivity contribution in [3.8, 4) is 11.6 Å². The number of ether oxygens (including phenoxy) is 1. The van der Waals surface area contributed by atoms with Crippen LogP contribution in [0.2, 0.25) is 0 Å². The van der Waals surface area contributed by atoms with Gasteiger partial charge in [-0.1, -0.05) is 30.3 Å². The van der Waals surface area contributed by atoms with Crippen molar-refractivity contribution in [1.29, 1.82) is 0 Å². The maximum Gasteiger partial charge on any atom is 0.373 e. The third kappa shape index (κ3) is 3.93. The fourth-order valence-electron chi connectivity index (χ4n) is 2.78. The molecule has 0 aliphatic carbocycles. The van der Waals surface area contributed by atoms with Crippen molar-refractivity contribution in [3.63, 3.8) is 0 Å². The van der Waals surface area contributed by atoms with E-state index in [4.69, 9.17) is 4.74 Å². The summed E-state index contributed by atoms with van der Waals surface area (Å²) >= 11 is 0. The second kappa shape index (κ2) is 7.85. The first kappa shape index (κ1) is 18.2. The van der Waals surface area contributed by atoms with E-state index in [0.29, 0.717) is 11.3 Å². The van der Waals surface area contributed by atoms with E-state index < -0.39 is 10.6 Å². The number of aromatic nitrogens is 3. The minimum absolute atomic E-state index is 0.00230. The molecule has 9 heteroatoms. The van der Waals surface area contributed by atoms with E-state index in [1.165, 1.54) is 18.5 Å². The van der Waals surface area contributed by atoms with E-state index in [-0.39, 0.29) is 24.1 Å². The van der Waals surface area contributed by atoms with Crippen LogP contribution in [0.25, 0.3) is 10.9 Å². The maximum absolute atomic E-state index is 13.0. The van der Waals surface area contributed by atoms with Gasteiger partial charge in [0.1, 0.15) is 17.7 Å². The van der Waals surface area contributed by atoms with E-state index in [0.717, 1.165) is 10.9 Å². The normalized spacial score (nSPS) is 10.7. The molecule has 0 radical (unpaired) electrons. The molecule has 1 N–H and O–H groups in total. The zero-order valence-corrected chi connectivity index (χ0v) is 14.9. The van der Waals surface area contributed by atoms with Gasteiger partial charge in [-0.15, -0.1) is 0 Å². The number of nitrogens with zero attached hydrogens (tertiary/aromatic N) is 4. The molecule has 0 aliphatic rings. The molecule has 2 aromatic carbocycles. The van der Waals surface area contributed by atoms with Crippen LogP contribution in [0.15, 0.2) is 67.1 Å². The quantitative estimate of drug-likeness (QED) is 0.382. The van der Waals surface area contributed by atoms with Crippen molar-refractivity contribution in [2.75, 3.05) is 5.32 Å². The minimum Gasteiger partial charge on any atom is -0.431 e. The number of fused-ring (bicyclic) bond motifs is 1. The molecule has 0 fully saturated rings. The predicted molar refractivity (Wildman–Crippen MR) is 104 cm³/mol. The Balaban J connectivity index is 1.66. The van der Waals surface area contributed by atoms with Crippen LogP contribution in [-0.4, -0.2) is 19.9 Å². The lowest BCUT2D eigenvalue weighted by Gasteiger charge is -2.10. The van der Waals surface area contributed by atoms with E-state index in [1.807, 2.05) is 12.1 Å². The number of rotatable bonds is 6. The summed E-state index contributed by atoms with van der Waals surface area (Å²) in [6.07, 6.45) is 2.78. The molecule has 8 nitrogen and oxygen atoms in total. The molecule has 4 rings (SSSR count). The Morgan fingerprint density at radius 3 is 2.62 bits per heavy atom. The van der Waals surface area contributed by atoms with Crippen LogP contribution >= 0.6 is 0 Å². The van der Waals surface area contributed by atoms with E-state index in [9.17, 15) is 14.5 Å². The third-order valence-corrected chi connectivity index (χ3v) is 4.15. The minimum atomic E-state index is -0.610. The average Bonchev–Trinajstić information content (AvgIpc) is 2.73. The third-order valence-electron chi connectivity index (χ3n) is 4.15. The van der Waals surface area contributed by atoms with Crippen LogP contribution in [0.5, 0.6) is 11.6 Å². The number of hydrogen-bond acceptors (Lipinski definition) is 7. The van der Waals surface area contributed by atoms with Crippen molar-refractivity contribution < 1.29 is 14.1 Å². The highest BCUT2D eigenvalue weighted by molar-refractivity contribution is 5.84. The molecule has 0 saturated heterocycles. The molecule has 0 aliphatic heterocycles. The molecular formula is C20H14FN5O3. The molecule has 0 amide bonds. The van der Waals surface area contributed by atoms with E-state index in [2.05, 4.69) is 20.3 Å². The number of anilines is 1. The Kier molecular flexibility index (Phi) is 4.93. The predicted octanol–water partition coefficient (Wildman–Crippen LogP) is 4.48. The number of halogens is 1. The fraction of sp³-hybridized carbons (Fsp3) is 0.0500. The molecule has 0 bridgehead atoms. The zero-order valence-electron chi connectivity index (χ0n) is 14.9. The van der Waals surface area contributed by atoms with Crippen LogP contribution in [0.3, 0.4) is 0 Å². The molecule has 2 aromatic heterocycles. The standard InChI is InChI=1S/C20H14FN5O3/c21-15-8-6-13(7-9-15)11-23-19-18(26(27)28)20(25-12-24-19)29-16-5-1-3-14-4-2-10-22-17(14)16/h1-10,12H,11H2,(H,23,24,25). The summed E-state index contributed by atoms with van der Waals surface area (Å²) in [5.74, 6) is -0.224. The lowest BCUT2D eigenvalue weighted by Crippen LogP contribution is -2.07. The van der Waals surface area contributed by atoms with Gasteiger partial charge in [-0.25, -0.2) is 9.37 Å². The summed E-state index contributed by atoms with van der Waals surface area (Å²) in [5, 5.41) is 15.4. The van der Waals surface area contributed by atoms with Crippen molar-refractivity contribution in [2.24, 2.45) is 0 Å². The Labute approximate surface area is 164 Å². The summed E-state index contributed by atoms with van der Waals surface area (Å²) < 4.78 is 18.8. The molecule has 29 heavy (non-hydrogen) atoms. The molecule has 4 aromatic rings. The number of hydrogen-bond donors (Lipinski definition) is 1. The molecule has 0 unspecified atom stereocenters. The molecular weight excluding hydrogens is 377 g/mol. The molecule has 0 atom stereocenters. The molecule has 0 spiro atoms. The van der Waals surface area contributed by atoms with Gasteiger partial charge < -0.3 is 10.1 Å². The van der Waals surface area contributed by atoms with Gasteiger partial charge in [0.15, 0.2) is 5.75 Å². The number of nitro groups is 1. The number of nitrogens with one attached hydrogen (secondary N) is 1. The molecule has 2 heterocycles. The first-order valence-electron chi connectivity index (χ1n) is 8.61. The Hall–Kier alpha value is -4.14. The van der Waals surface area contributed by atoms with Crippen LogP contribution in [0.1, 0.15) is 5.56 Å². The van der Waals surface area contributed by atoms with Crippen molar-refractivity contribution >= 4 is 22.4 Å². The van der Waals surface area contributed by atoms with Gasteiger partial charge in [0.25, 0.3) is 0 Å². The van der Waals surface area contributed by atoms with Crippen molar-refractivity contribution in [2.45, 2.75) is 6.54 Å². The lowest BCUT2D eigenvalue weighted by atomic mass is 10.2. The van der Waals surface area contributed by atoms with Crippen LogP contribution in [0.4, 0.5) is 15.9 Å². The smallest absolute Gasteiger partial charge is 0.373 e. The Morgan fingerprint density at radius 2 is 1.83 bits per heavy atom. The van der Waals surface area contributed by atoms with Crippen LogP contribution in [-0.2, 0) is 6.54 Å². The summed E-state index contributed by atoms with van der Waals surface area (Å²) in [6, 6.07) is 14.7. The summed E-state index contributed by atoms with van der Waals surface area (Å²) in [6.45, 7) is 0.216. The molecule has 0 saturated carbocycles. The van der Waals surface area contributed by atoms with Gasteiger partial charge in [0.05, 0.1) is 4.92 Å². The van der Waals surface area contributed by atoms with Crippen molar-refractivity contribution in [3.05, 3.63) is 88.6 Å². The fourth-order valence-corrected chi connectivity index (χ4v) is 2.78. The second-order valence-electron chi connectivity index (χ2n) is 6.05. The first-order chi connectivity index (χ1) is 14.1. The van der Waals surface area contributed by atoms with Crippen molar-refractivity contribution in [1.82, 2.24) is 15.0 Å². The first-order valence-corrected chi connectivity index (χ1v) is 8.61. The summed E-state index contributed by atoms with van der Waals surface area (Å²) in [7, 11) is 0. The summed E-state index contributed by atoms with van der Waals surface area (Å²) in [4.78, 5) is 23.3. The van der Waals surface area contributed by atoms with Gasteiger partial charge in [-0.2, -0.15) is 4.98 Å². The SMILES string of the molecule is O=[N+]([O-])c1c(NCc2ccc(F)cc2)ncnc1Oc1cccc2cccnc12. The van der Waals surface area contributed by atoms with Gasteiger partial charge in [-0.05, 0) is 29.8 Å².